The predicted molar refractivity (Wildman–Crippen MR) is 140 cm³/mol. The van der Waals surface area contributed by atoms with Gasteiger partial charge in [-0.25, -0.2) is 4.39 Å². The van der Waals surface area contributed by atoms with Crippen LogP contribution in [0.2, 0.25) is 0 Å². The van der Waals surface area contributed by atoms with Crippen LogP contribution in [0.25, 0.3) is 0 Å². The molecule has 5 nitrogen and oxygen atoms in total. The number of amides is 2. The van der Waals surface area contributed by atoms with Crippen LogP contribution in [0.1, 0.15) is 43.0 Å². The highest BCUT2D eigenvalue weighted by Gasteiger charge is 2.32. The zero-order valence-corrected chi connectivity index (χ0v) is 21.7. The Morgan fingerprint density at radius 2 is 1.53 bits per heavy atom. The molecule has 0 aromatic heterocycles. The van der Waals surface area contributed by atoms with Crippen LogP contribution in [0.3, 0.4) is 0 Å². The molecule has 0 aliphatic rings. The number of rotatable bonds is 9. The highest BCUT2D eigenvalue weighted by Crippen LogP contribution is 2.19. The Morgan fingerprint density at radius 3 is 2.11 bits per heavy atom. The van der Waals surface area contributed by atoms with E-state index < -0.39 is 11.6 Å². The Labute approximate surface area is 213 Å². The molecule has 0 spiro atoms. The minimum absolute atomic E-state index is 0.143. The summed E-state index contributed by atoms with van der Waals surface area (Å²) in [6, 6.07) is 20.5. The van der Waals surface area contributed by atoms with Gasteiger partial charge in [-0.1, -0.05) is 48.5 Å². The number of nitrogens with zero attached hydrogens (tertiary/aromatic N) is 1. The maximum atomic E-state index is 13.6. The van der Waals surface area contributed by atoms with Crippen molar-refractivity contribution < 1.29 is 18.7 Å². The van der Waals surface area contributed by atoms with E-state index in [1.165, 1.54) is 17.0 Å². The van der Waals surface area contributed by atoms with Crippen molar-refractivity contribution >= 4 is 11.8 Å². The maximum absolute atomic E-state index is 13.6. The second-order valence-electron chi connectivity index (χ2n) is 10.2. The van der Waals surface area contributed by atoms with E-state index in [1.54, 1.807) is 12.1 Å². The summed E-state index contributed by atoms with van der Waals surface area (Å²) >= 11 is 0. The monoisotopic (exact) mass is 490 g/mol. The first-order valence-electron chi connectivity index (χ1n) is 12.1. The molecule has 6 heteroatoms. The third-order valence-electron chi connectivity index (χ3n) is 5.59. The molecule has 0 radical (unpaired) electrons. The lowest BCUT2D eigenvalue weighted by atomic mass is 10.0. The topological polar surface area (TPSA) is 58.6 Å². The molecule has 0 heterocycles. The normalized spacial score (nSPS) is 12.1. The molecular formula is C30H35FN2O3. The van der Waals surface area contributed by atoms with Crippen molar-refractivity contribution in [3.63, 3.8) is 0 Å². The summed E-state index contributed by atoms with van der Waals surface area (Å²) in [7, 11) is 0. The van der Waals surface area contributed by atoms with Gasteiger partial charge in [0.2, 0.25) is 5.91 Å². The van der Waals surface area contributed by atoms with Crippen LogP contribution in [0, 0.1) is 19.7 Å². The molecular weight excluding hydrogens is 455 g/mol. The smallest absolute Gasteiger partial charge is 0.261 e. The van der Waals surface area contributed by atoms with Crippen molar-refractivity contribution in [2.75, 3.05) is 6.61 Å². The van der Waals surface area contributed by atoms with Crippen LogP contribution in [0.5, 0.6) is 5.75 Å². The highest BCUT2D eigenvalue weighted by molar-refractivity contribution is 5.89. The maximum Gasteiger partial charge on any atom is 0.261 e. The van der Waals surface area contributed by atoms with E-state index in [0.717, 1.165) is 22.3 Å². The van der Waals surface area contributed by atoms with Gasteiger partial charge in [0, 0.05) is 18.5 Å². The number of benzene rings is 3. The van der Waals surface area contributed by atoms with Gasteiger partial charge in [-0.15, -0.1) is 0 Å². The fourth-order valence-corrected chi connectivity index (χ4v) is 4.04. The Hall–Kier alpha value is -3.67. The van der Waals surface area contributed by atoms with E-state index in [4.69, 9.17) is 4.74 Å². The average molecular weight is 491 g/mol. The quantitative estimate of drug-likeness (QED) is 0.438. The van der Waals surface area contributed by atoms with Gasteiger partial charge in [0.05, 0.1) is 0 Å². The number of carbonyl (C=O) groups is 2. The van der Waals surface area contributed by atoms with E-state index in [2.05, 4.69) is 5.32 Å². The van der Waals surface area contributed by atoms with Crippen molar-refractivity contribution in [2.45, 2.75) is 59.2 Å². The molecule has 3 rings (SSSR count). The SMILES string of the molecule is Cc1cc(C)cc(OCC(=O)N(Cc2ccc(F)cc2)[C@@H](Cc2ccccc2)C(=O)NC(C)(C)C)c1. The molecule has 1 N–H and O–H groups in total. The number of carbonyl (C=O) groups excluding carboxylic acids is 2. The standard InChI is InChI=1S/C30H35FN2O3/c1-21-15-22(2)17-26(16-21)36-20-28(34)33(19-24-11-13-25(31)14-12-24)27(29(35)32-30(3,4)5)18-23-9-7-6-8-10-23/h6-17,27H,18-20H2,1-5H3,(H,32,35)/t27-/m0/s1. The molecule has 0 aliphatic heterocycles. The lowest BCUT2D eigenvalue weighted by Crippen LogP contribution is -2.55. The van der Waals surface area contributed by atoms with Crippen LogP contribution in [-0.4, -0.2) is 34.9 Å². The number of ether oxygens (including phenoxy) is 1. The summed E-state index contributed by atoms with van der Waals surface area (Å²) in [5.74, 6) is -0.348. The molecule has 0 unspecified atom stereocenters. The second-order valence-corrected chi connectivity index (χ2v) is 10.2. The summed E-state index contributed by atoms with van der Waals surface area (Å²) in [4.78, 5) is 28.6. The van der Waals surface area contributed by atoms with Gasteiger partial charge in [-0.05, 0) is 81.1 Å². The fourth-order valence-electron chi connectivity index (χ4n) is 4.04. The summed E-state index contributed by atoms with van der Waals surface area (Å²) in [5.41, 5.74) is 3.24. The first kappa shape index (κ1) is 26.9. The molecule has 0 saturated carbocycles. The molecule has 0 fully saturated rings. The van der Waals surface area contributed by atoms with Gasteiger partial charge in [-0.3, -0.25) is 9.59 Å². The average Bonchev–Trinajstić information content (AvgIpc) is 2.80. The molecule has 3 aromatic carbocycles. The first-order chi connectivity index (χ1) is 17.0. The molecule has 1 atom stereocenters. The minimum atomic E-state index is -0.785. The van der Waals surface area contributed by atoms with E-state index >= 15 is 0 Å². The number of aryl methyl sites for hydroxylation is 2. The second kappa shape index (κ2) is 11.8. The van der Waals surface area contributed by atoms with Gasteiger partial charge in [0.25, 0.3) is 5.91 Å². The lowest BCUT2D eigenvalue weighted by Gasteiger charge is -2.33. The Kier molecular flexibility index (Phi) is 8.86. The summed E-state index contributed by atoms with van der Waals surface area (Å²) in [5, 5.41) is 3.02. The van der Waals surface area contributed by atoms with Crippen molar-refractivity contribution in [1.82, 2.24) is 10.2 Å². The predicted octanol–water partition coefficient (Wildman–Crippen LogP) is 5.38. The van der Waals surface area contributed by atoms with Gasteiger partial charge in [-0.2, -0.15) is 0 Å². The van der Waals surface area contributed by atoms with Crippen molar-refractivity contribution in [3.05, 3.63) is 101 Å². The number of hydrogen-bond acceptors (Lipinski definition) is 3. The third-order valence-corrected chi connectivity index (χ3v) is 5.59. The van der Waals surface area contributed by atoms with Gasteiger partial charge < -0.3 is 15.0 Å². The Balaban J connectivity index is 1.93. The molecule has 0 aliphatic carbocycles. The molecule has 190 valence electrons. The van der Waals surface area contributed by atoms with Crippen LogP contribution >= 0.6 is 0 Å². The summed E-state index contributed by atoms with van der Waals surface area (Å²) < 4.78 is 19.4. The van der Waals surface area contributed by atoms with Crippen LogP contribution < -0.4 is 10.1 Å². The van der Waals surface area contributed by atoms with E-state index in [0.29, 0.717) is 12.2 Å². The third kappa shape index (κ3) is 8.22. The summed E-state index contributed by atoms with van der Waals surface area (Å²) in [6.07, 6.45) is 0.333. The largest absolute Gasteiger partial charge is 0.484 e. The van der Waals surface area contributed by atoms with E-state index in [1.807, 2.05) is 83.1 Å². The van der Waals surface area contributed by atoms with Gasteiger partial charge in [0.15, 0.2) is 6.61 Å². The van der Waals surface area contributed by atoms with Gasteiger partial charge >= 0.3 is 0 Å². The van der Waals surface area contributed by atoms with Crippen LogP contribution in [0.15, 0.2) is 72.8 Å². The molecule has 2 amide bonds. The molecule has 36 heavy (non-hydrogen) atoms. The van der Waals surface area contributed by atoms with E-state index in [9.17, 15) is 14.0 Å². The minimum Gasteiger partial charge on any atom is -0.484 e. The zero-order valence-electron chi connectivity index (χ0n) is 21.7. The molecule has 3 aromatic rings. The lowest BCUT2D eigenvalue weighted by molar-refractivity contribution is -0.143. The van der Waals surface area contributed by atoms with Crippen LogP contribution in [-0.2, 0) is 22.6 Å². The highest BCUT2D eigenvalue weighted by atomic mass is 19.1. The van der Waals surface area contributed by atoms with E-state index in [-0.39, 0.29) is 30.8 Å². The Morgan fingerprint density at radius 1 is 0.917 bits per heavy atom. The fraction of sp³-hybridized carbons (Fsp3) is 0.333. The van der Waals surface area contributed by atoms with Gasteiger partial charge in [0.1, 0.15) is 17.6 Å². The molecule has 0 bridgehead atoms. The number of halogens is 1. The zero-order chi connectivity index (χ0) is 26.3. The van der Waals surface area contributed by atoms with Crippen LogP contribution in [0.4, 0.5) is 4.39 Å². The number of nitrogens with one attached hydrogen (secondary N) is 1. The molecule has 0 saturated heterocycles. The van der Waals surface area contributed by atoms with Crippen molar-refractivity contribution in [1.29, 1.82) is 0 Å². The Bertz CT molecular complexity index is 1150. The number of hydrogen-bond donors (Lipinski definition) is 1. The van der Waals surface area contributed by atoms with Crippen molar-refractivity contribution in [2.24, 2.45) is 0 Å². The summed E-state index contributed by atoms with van der Waals surface area (Å²) in [6.45, 7) is 9.56. The first-order valence-corrected chi connectivity index (χ1v) is 12.1. The van der Waals surface area contributed by atoms with Crippen molar-refractivity contribution in [3.8, 4) is 5.75 Å².